The third-order valence-electron chi connectivity index (χ3n) is 4.19. The summed E-state index contributed by atoms with van der Waals surface area (Å²) < 4.78 is 5.52. The minimum Gasteiger partial charge on any atom is -0.493 e. The van der Waals surface area contributed by atoms with E-state index in [1.807, 2.05) is 17.9 Å². The average Bonchev–Trinajstić information content (AvgIpc) is 3.26. The fourth-order valence-corrected chi connectivity index (χ4v) is 2.84. The molecule has 2 aliphatic rings. The molecule has 6 heteroatoms. The van der Waals surface area contributed by atoms with Crippen molar-refractivity contribution in [1.29, 1.82) is 0 Å². The van der Waals surface area contributed by atoms with Crippen LogP contribution >= 0.6 is 0 Å². The van der Waals surface area contributed by atoms with Crippen LogP contribution in [-0.2, 0) is 0 Å². The average molecular weight is 292 g/mol. The van der Waals surface area contributed by atoms with Gasteiger partial charge in [-0.25, -0.2) is 0 Å². The normalized spacial score (nSPS) is 20.0. The van der Waals surface area contributed by atoms with Gasteiger partial charge in [-0.2, -0.15) is 0 Å². The van der Waals surface area contributed by atoms with Gasteiger partial charge in [-0.1, -0.05) is 6.92 Å². The third-order valence-corrected chi connectivity index (χ3v) is 4.19. The van der Waals surface area contributed by atoms with Gasteiger partial charge in [-0.15, -0.1) is 0 Å². The monoisotopic (exact) mass is 292 g/mol. The number of ether oxygens (including phenoxy) is 1. The summed E-state index contributed by atoms with van der Waals surface area (Å²) in [6.07, 6.45) is 3.03. The SMILES string of the molecule is CCCOc1cc(N2CC(O)(C3CC3)C2)cc([N+](=O)[O-])c1. The fourth-order valence-electron chi connectivity index (χ4n) is 2.84. The maximum absolute atomic E-state index is 11.0. The largest absolute Gasteiger partial charge is 0.493 e. The molecule has 0 bridgehead atoms. The van der Waals surface area contributed by atoms with Gasteiger partial charge >= 0.3 is 0 Å². The van der Waals surface area contributed by atoms with Gasteiger partial charge in [0.2, 0.25) is 0 Å². The first-order valence-electron chi connectivity index (χ1n) is 7.41. The third kappa shape index (κ3) is 2.81. The van der Waals surface area contributed by atoms with E-state index in [0.717, 1.165) is 24.9 Å². The number of β-amino-alcohol motifs (C(OH)–C–C–N with tert-alkyl or cyclic N) is 1. The number of hydrogen-bond donors (Lipinski definition) is 1. The van der Waals surface area contributed by atoms with Crippen molar-refractivity contribution in [3.05, 3.63) is 28.3 Å². The maximum Gasteiger partial charge on any atom is 0.275 e. The quantitative estimate of drug-likeness (QED) is 0.643. The van der Waals surface area contributed by atoms with E-state index >= 15 is 0 Å². The number of nitrogens with zero attached hydrogens (tertiary/aromatic N) is 2. The summed E-state index contributed by atoms with van der Waals surface area (Å²) in [4.78, 5) is 12.6. The molecule has 0 aromatic heterocycles. The number of non-ortho nitro benzene ring substituents is 1. The predicted octanol–water partition coefficient (Wildman–Crippen LogP) is 2.34. The summed E-state index contributed by atoms with van der Waals surface area (Å²) in [7, 11) is 0. The number of aliphatic hydroxyl groups is 1. The van der Waals surface area contributed by atoms with Gasteiger partial charge in [0, 0.05) is 30.9 Å². The number of nitro groups is 1. The van der Waals surface area contributed by atoms with Crippen LogP contribution in [0.3, 0.4) is 0 Å². The smallest absolute Gasteiger partial charge is 0.275 e. The van der Waals surface area contributed by atoms with Crippen LogP contribution in [0.1, 0.15) is 26.2 Å². The van der Waals surface area contributed by atoms with Gasteiger partial charge in [0.1, 0.15) is 11.4 Å². The predicted molar refractivity (Wildman–Crippen MR) is 78.8 cm³/mol. The summed E-state index contributed by atoms with van der Waals surface area (Å²) in [5.74, 6) is 0.922. The molecule has 1 aliphatic carbocycles. The van der Waals surface area contributed by atoms with Gasteiger partial charge < -0.3 is 14.7 Å². The molecule has 2 fully saturated rings. The fraction of sp³-hybridized carbons (Fsp3) is 0.600. The maximum atomic E-state index is 11.0. The Morgan fingerprint density at radius 1 is 1.43 bits per heavy atom. The van der Waals surface area contributed by atoms with Gasteiger partial charge in [0.05, 0.1) is 17.6 Å². The molecule has 0 atom stereocenters. The van der Waals surface area contributed by atoms with E-state index in [0.29, 0.717) is 31.4 Å². The van der Waals surface area contributed by atoms with Crippen LogP contribution in [0, 0.1) is 16.0 Å². The number of benzene rings is 1. The number of hydrogen-bond acceptors (Lipinski definition) is 5. The summed E-state index contributed by atoms with van der Waals surface area (Å²) in [5, 5.41) is 21.4. The zero-order chi connectivity index (χ0) is 15.0. The Balaban J connectivity index is 1.77. The highest BCUT2D eigenvalue weighted by Crippen LogP contribution is 2.46. The molecular weight excluding hydrogens is 272 g/mol. The molecule has 0 radical (unpaired) electrons. The minimum absolute atomic E-state index is 0.0282. The van der Waals surface area contributed by atoms with Crippen LogP contribution in [0.4, 0.5) is 11.4 Å². The van der Waals surface area contributed by atoms with E-state index in [9.17, 15) is 15.2 Å². The second kappa shape index (κ2) is 5.18. The van der Waals surface area contributed by atoms with Crippen LogP contribution in [0.5, 0.6) is 5.75 Å². The summed E-state index contributed by atoms with van der Waals surface area (Å²) in [5.41, 5.74) is 0.177. The molecule has 1 aromatic carbocycles. The number of anilines is 1. The van der Waals surface area contributed by atoms with Crippen LogP contribution in [0.15, 0.2) is 18.2 Å². The first-order valence-corrected chi connectivity index (χ1v) is 7.41. The van der Waals surface area contributed by atoms with Gasteiger partial charge in [0.25, 0.3) is 5.69 Å². The van der Waals surface area contributed by atoms with Gasteiger partial charge in [0.15, 0.2) is 0 Å². The Morgan fingerprint density at radius 2 is 2.14 bits per heavy atom. The van der Waals surface area contributed by atoms with Gasteiger partial charge in [-0.05, 0) is 25.2 Å². The molecule has 114 valence electrons. The lowest BCUT2D eigenvalue weighted by Gasteiger charge is -2.48. The molecule has 0 spiro atoms. The Bertz CT molecular complexity index is 551. The molecule has 21 heavy (non-hydrogen) atoms. The van der Waals surface area contributed by atoms with Crippen LogP contribution in [0.2, 0.25) is 0 Å². The highest BCUT2D eigenvalue weighted by molar-refractivity contribution is 5.60. The topological polar surface area (TPSA) is 75.8 Å². The molecular formula is C15H20N2O4. The highest BCUT2D eigenvalue weighted by Gasteiger charge is 2.52. The first kappa shape index (κ1) is 14.1. The Hall–Kier alpha value is -1.82. The lowest BCUT2D eigenvalue weighted by atomic mass is 9.88. The summed E-state index contributed by atoms with van der Waals surface area (Å²) >= 11 is 0. The molecule has 0 unspecified atom stereocenters. The van der Waals surface area contributed by atoms with Crippen molar-refractivity contribution < 1.29 is 14.8 Å². The van der Waals surface area contributed by atoms with Crippen LogP contribution < -0.4 is 9.64 Å². The second-order valence-corrected chi connectivity index (χ2v) is 6.02. The Morgan fingerprint density at radius 3 is 2.71 bits per heavy atom. The zero-order valence-electron chi connectivity index (χ0n) is 12.1. The van der Waals surface area contributed by atoms with Crippen molar-refractivity contribution in [1.82, 2.24) is 0 Å². The van der Waals surface area contributed by atoms with Crippen LogP contribution in [0.25, 0.3) is 0 Å². The van der Waals surface area contributed by atoms with Crippen molar-refractivity contribution in [2.24, 2.45) is 5.92 Å². The van der Waals surface area contributed by atoms with Crippen molar-refractivity contribution >= 4 is 11.4 Å². The molecule has 3 rings (SSSR count). The summed E-state index contributed by atoms with van der Waals surface area (Å²) in [6.45, 7) is 3.62. The van der Waals surface area contributed by atoms with E-state index in [-0.39, 0.29) is 5.69 Å². The molecule has 1 saturated carbocycles. The Kier molecular flexibility index (Phi) is 3.49. The first-order chi connectivity index (χ1) is 10.0. The Labute approximate surface area is 123 Å². The molecule has 1 N–H and O–H groups in total. The van der Waals surface area contributed by atoms with E-state index in [1.54, 1.807) is 6.07 Å². The van der Waals surface area contributed by atoms with Gasteiger partial charge in [-0.3, -0.25) is 10.1 Å². The lowest BCUT2D eigenvalue weighted by Crippen LogP contribution is -2.63. The second-order valence-electron chi connectivity index (χ2n) is 6.02. The van der Waals surface area contributed by atoms with E-state index in [1.165, 1.54) is 6.07 Å². The van der Waals surface area contributed by atoms with E-state index in [4.69, 9.17) is 4.74 Å². The van der Waals surface area contributed by atoms with Crippen molar-refractivity contribution in [2.75, 3.05) is 24.6 Å². The molecule has 1 aliphatic heterocycles. The van der Waals surface area contributed by atoms with Crippen LogP contribution in [-0.4, -0.2) is 35.3 Å². The lowest BCUT2D eigenvalue weighted by molar-refractivity contribution is -0.384. The van der Waals surface area contributed by atoms with Crippen molar-refractivity contribution in [2.45, 2.75) is 31.8 Å². The summed E-state index contributed by atoms with van der Waals surface area (Å²) in [6, 6.07) is 4.81. The number of nitro benzene ring substituents is 1. The highest BCUT2D eigenvalue weighted by atomic mass is 16.6. The van der Waals surface area contributed by atoms with E-state index < -0.39 is 10.5 Å². The molecule has 1 saturated heterocycles. The van der Waals surface area contributed by atoms with Crippen molar-refractivity contribution in [3.8, 4) is 5.75 Å². The zero-order valence-corrected chi connectivity index (χ0v) is 12.1. The molecule has 1 heterocycles. The van der Waals surface area contributed by atoms with Crippen molar-refractivity contribution in [3.63, 3.8) is 0 Å². The standard InChI is InChI=1S/C15H20N2O4/c1-2-5-21-14-7-12(6-13(8-14)17(19)20)16-9-15(18,10-16)11-3-4-11/h6-8,11,18H,2-5,9-10H2,1H3. The molecule has 0 amide bonds. The molecule has 6 nitrogen and oxygen atoms in total. The van der Waals surface area contributed by atoms with E-state index in [2.05, 4.69) is 0 Å². The molecule has 1 aromatic rings. The minimum atomic E-state index is -0.602. The number of rotatable bonds is 6.